The minimum absolute atomic E-state index is 0.0214. The Morgan fingerprint density at radius 2 is 2.09 bits per heavy atom. The SMILES string of the molecule is Cn1cc(Nc2nccc(-c3ccn(C(CO)c4ccc(Cl)c(F)c4)c(=O)c3)n2)c(C2CC2)n1. The van der Waals surface area contributed by atoms with Crippen LogP contribution in [0.2, 0.25) is 5.02 Å². The molecule has 0 aliphatic heterocycles. The molecule has 8 nitrogen and oxygen atoms in total. The lowest BCUT2D eigenvalue weighted by molar-refractivity contribution is 0.247. The summed E-state index contributed by atoms with van der Waals surface area (Å²) < 4.78 is 17.0. The summed E-state index contributed by atoms with van der Waals surface area (Å²) >= 11 is 5.76. The summed E-state index contributed by atoms with van der Waals surface area (Å²) in [4.78, 5) is 21.8. The Morgan fingerprint density at radius 3 is 2.79 bits per heavy atom. The minimum Gasteiger partial charge on any atom is -0.394 e. The zero-order valence-electron chi connectivity index (χ0n) is 18.3. The summed E-state index contributed by atoms with van der Waals surface area (Å²) in [6.45, 7) is -0.379. The fraction of sp³-hybridized carbons (Fsp3) is 0.250. The number of aromatic nitrogens is 5. The summed E-state index contributed by atoms with van der Waals surface area (Å²) in [6, 6.07) is 8.34. The molecule has 0 bridgehead atoms. The number of benzene rings is 1. The van der Waals surface area contributed by atoms with E-state index in [0.29, 0.717) is 28.7 Å². The Labute approximate surface area is 199 Å². The molecule has 10 heteroatoms. The maximum atomic E-state index is 13.9. The first-order valence-electron chi connectivity index (χ1n) is 10.8. The van der Waals surface area contributed by atoms with E-state index in [1.165, 1.54) is 22.8 Å². The number of hydrogen-bond donors (Lipinski definition) is 2. The Balaban J connectivity index is 1.42. The minimum atomic E-state index is -0.748. The highest BCUT2D eigenvalue weighted by atomic mass is 35.5. The largest absolute Gasteiger partial charge is 0.394 e. The van der Waals surface area contributed by atoms with Crippen molar-refractivity contribution in [1.29, 1.82) is 0 Å². The van der Waals surface area contributed by atoms with E-state index >= 15 is 0 Å². The van der Waals surface area contributed by atoms with Gasteiger partial charge in [0.15, 0.2) is 0 Å². The fourth-order valence-corrected chi connectivity index (χ4v) is 4.06. The topological polar surface area (TPSA) is 97.9 Å². The fourth-order valence-electron chi connectivity index (χ4n) is 3.94. The quantitative estimate of drug-likeness (QED) is 0.414. The van der Waals surface area contributed by atoms with Crippen molar-refractivity contribution in [3.05, 3.63) is 87.4 Å². The van der Waals surface area contributed by atoms with Crippen molar-refractivity contribution in [3.63, 3.8) is 0 Å². The third-order valence-corrected chi connectivity index (χ3v) is 6.11. The van der Waals surface area contributed by atoms with E-state index in [0.717, 1.165) is 24.2 Å². The molecule has 0 amide bonds. The number of anilines is 2. The third kappa shape index (κ3) is 4.44. The molecule has 0 radical (unpaired) electrons. The monoisotopic (exact) mass is 480 g/mol. The van der Waals surface area contributed by atoms with Crippen LogP contribution in [0.15, 0.2) is 59.8 Å². The van der Waals surface area contributed by atoms with Gasteiger partial charge in [0.25, 0.3) is 5.56 Å². The predicted molar refractivity (Wildman–Crippen MR) is 127 cm³/mol. The average molecular weight is 481 g/mol. The summed E-state index contributed by atoms with van der Waals surface area (Å²) in [7, 11) is 1.88. The summed E-state index contributed by atoms with van der Waals surface area (Å²) in [6.07, 6.45) is 7.34. The Morgan fingerprint density at radius 1 is 1.26 bits per heavy atom. The smallest absolute Gasteiger partial charge is 0.251 e. The van der Waals surface area contributed by atoms with E-state index in [2.05, 4.69) is 20.4 Å². The van der Waals surface area contributed by atoms with Crippen molar-refractivity contribution in [3.8, 4) is 11.3 Å². The number of pyridine rings is 1. The van der Waals surface area contributed by atoms with Gasteiger partial charge in [0.1, 0.15) is 5.82 Å². The van der Waals surface area contributed by atoms with Gasteiger partial charge in [0.05, 0.1) is 34.7 Å². The zero-order chi connectivity index (χ0) is 23.8. The number of aryl methyl sites for hydroxylation is 1. The standard InChI is InChI=1S/C24H22ClFN6O2/c1-31-12-20(23(30-31)14-2-3-14)29-24-27-8-6-19(28-24)15-7-9-32(22(34)11-15)21(13-33)16-4-5-17(25)18(26)10-16/h4-12,14,21,33H,2-3,13H2,1H3,(H,27,28,29). The van der Waals surface area contributed by atoms with Crippen LogP contribution in [0.25, 0.3) is 11.3 Å². The second-order valence-corrected chi connectivity index (χ2v) is 8.71. The first kappa shape index (κ1) is 22.2. The number of rotatable bonds is 7. The predicted octanol–water partition coefficient (Wildman–Crippen LogP) is 4.03. The van der Waals surface area contributed by atoms with Crippen LogP contribution in [-0.4, -0.2) is 36.0 Å². The van der Waals surface area contributed by atoms with Gasteiger partial charge in [0.2, 0.25) is 5.95 Å². The van der Waals surface area contributed by atoms with Gasteiger partial charge in [-0.1, -0.05) is 17.7 Å². The lowest BCUT2D eigenvalue weighted by Gasteiger charge is -2.18. The van der Waals surface area contributed by atoms with Crippen molar-refractivity contribution in [2.75, 3.05) is 11.9 Å². The van der Waals surface area contributed by atoms with Gasteiger partial charge in [-0.3, -0.25) is 9.48 Å². The number of hydrogen-bond acceptors (Lipinski definition) is 6. The Hall–Kier alpha value is -3.56. The maximum Gasteiger partial charge on any atom is 0.251 e. The summed E-state index contributed by atoms with van der Waals surface area (Å²) in [5.74, 6) is 0.260. The summed E-state index contributed by atoms with van der Waals surface area (Å²) in [5.41, 5.74) is 3.13. The van der Waals surface area contributed by atoms with Gasteiger partial charge in [-0.15, -0.1) is 0 Å². The molecule has 3 heterocycles. The van der Waals surface area contributed by atoms with Crippen LogP contribution >= 0.6 is 11.6 Å². The van der Waals surface area contributed by atoms with Crippen LogP contribution in [0.5, 0.6) is 0 Å². The van der Waals surface area contributed by atoms with Crippen molar-refractivity contribution in [2.45, 2.75) is 24.8 Å². The molecule has 1 fully saturated rings. The number of halogens is 2. The molecular weight excluding hydrogens is 459 g/mol. The van der Waals surface area contributed by atoms with Gasteiger partial charge in [0, 0.05) is 43.2 Å². The van der Waals surface area contributed by atoms with E-state index in [9.17, 15) is 14.3 Å². The summed E-state index contributed by atoms with van der Waals surface area (Å²) in [5, 5.41) is 17.7. The maximum absolute atomic E-state index is 13.9. The van der Waals surface area contributed by atoms with Crippen molar-refractivity contribution in [2.24, 2.45) is 7.05 Å². The second-order valence-electron chi connectivity index (χ2n) is 8.30. The van der Waals surface area contributed by atoms with E-state index in [1.54, 1.807) is 35.3 Å². The van der Waals surface area contributed by atoms with Gasteiger partial charge < -0.3 is 15.0 Å². The molecule has 1 saturated carbocycles. The molecule has 1 aliphatic carbocycles. The first-order chi connectivity index (χ1) is 16.4. The molecule has 0 saturated heterocycles. The molecule has 4 aromatic rings. The van der Waals surface area contributed by atoms with Gasteiger partial charge in [-0.05, 0) is 42.7 Å². The molecule has 5 rings (SSSR count). The van der Waals surface area contributed by atoms with Crippen LogP contribution < -0.4 is 10.9 Å². The van der Waals surface area contributed by atoms with Gasteiger partial charge >= 0.3 is 0 Å². The highest BCUT2D eigenvalue weighted by molar-refractivity contribution is 6.30. The molecule has 1 aromatic carbocycles. The highest BCUT2D eigenvalue weighted by Crippen LogP contribution is 2.42. The molecule has 174 valence electrons. The van der Waals surface area contributed by atoms with Crippen LogP contribution in [-0.2, 0) is 7.05 Å². The molecule has 0 spiro atoms. The molecule has 2 N–H and O–H groups in total. The third-order valence-electron chi connectivity index (χ3n) is 5.80. The van der Waals surface area contributed by atoms with Gasteiger partial charge in [-0.25, -0.2) is 14.4 Å². The van der Waals surface area contributed by atoms with Crippen LogP contribution in [0, 0.1) is 5.82 Å². The highest BCUT2D eigenvalue weighted by Gasteiger charge is 2.29. The van der Waals surface area contributed by atoms with Crippen LogP contribution in [0.1, 0.15) is 36.1 Å². The van der Waals surface area contributed by atoms with E-state index in [-0.39, 0.29) is 17.2 Å². The van der Waals surface area contributed by atoms with Crippen LogP contribution in [0.4, 0.5) is 16.0 Å². The molecule has 34 heavy (non-hydrogen) atoms. The average Bonchev–Trinajstić information content (AvgIpc) is 3.60. The molecule has 1 unspecified atom stereocenters. The second kappa shape index (κ2) is 9.00. The van der Waals surface area contributed by atoms with Crippen molar-refractivity contribution >= 4 is 23.2 Å². The number of nitrogens with one attached hydrogen (secondary N) is 1. The van der Waals surface area contributed by atoms with Crippen molar-refractivity contribution < 1.29 is 9.50 Å². The van der Waals surface area contributed by atoms with Gasteiger partial charge in [-0.2, -0.15) is 5.10 Å². The molecule has 1 aliphatic rings. The number of nitrogens with zero attached hydrogens (tertiary/aromatic N) is 5. The van der Waals surface area contributed by atoms with Crippen LogP contribution in [0.3, 0.4) is 0 Å². The number of aliphatic hydroxyl groups excluding tert-OH is 1. The molecular formula is C24H22ClFN6O2. The molecule has 1 atom stereocenters. The zero-order valence-corrected chi connectivity index (χ0v) is 19.1. The van der Waals surface area contributed by atoms with E-state index in [1.807, 2.05) is 13.2 Å². The van der Waals surface area contributed by atoms with E-state index < -0.39 is 11.9 Å². The van der Waals surface area contributed by atoms with Crippen molar-refractivity contribution in [1.82, 2.24) is 24.3 Å². The lowest BCUT2D eigenvalue weighted by atomic mass is 10.1. The normalized spacial score (nSPS) is 14.2. The molecule has 3 aromatic heterocycles. The van der Waals surface area contributed by atoms with E-state index in [4.69, 9.17) is 11.6 Å². The Bertz CT molecular complexity index is 1410. The number of aliphatic hydroxyl groups is 1. The lowest BCUT2D eigenvalue weighted by Crippen LogP contribution is -2.27. The first-order valence-corrected chi connectivity index (χ1v) is 11.2. The Kier molecular flexibility index (Phi) is 5.89.